The molecule has 0 aliphatic rings. The number of carbonyl (C=O) groups is 1. The molecule has 1 amide bonds. The van der Waals surface area contributed by atoms with Gasteiger partial charge in [0.1, 0.15) is 16.5 Å². The number of hydrogen-bond acceptors (Lipinski definition) is 5. The van der Waals surface area contributed by atoms with Crippen LogP contribution in [0.25, 0.3) is 9.88 Å². The fourth-order valence-electron chi connectivity index (χ4n) is 2.09. The summed E-state index contributed by atoms with van der Waals surface area (Å²) < 4.78 is 2.05. The van der Waals surface area contributed by atoms with Crippen molar-refractivity contribution in [2.75, 3.05) is 0 Å². The van der Waals surface area contributed by atoms with E-state index in [4.69, 9.17) is 0 Å². The number of thiophene rings is 1. The summed E-state index contributed by atoms with van der Waals surface area (Å²) >= 11 is 3.11. The summed E-state index contributed by atoms with van der Waals surface area (Å²) in [6.07, 6.45) is 4.73. The highest BCUT2D eigenvalue weighted by Gasteiger charge is 2.13. The van der Waals surface area contributed by atoms with Crippen LogP contribution in [-0.2, 0) is 13.1 Å². The summed E-state index contributed by atoms with van der Waals surface area (Å²) in [5, 5.41) is 7.56. The zero-order valence-electron chi connectivity index (χ0n) is 12.2. The van der Waals surface area contributed by atoms with Gasteiger partial charge in [-0.2, -0.15) is 0 Å². The summed E-state index contributed by atoms with van der Waals surface area (Å²) in [4.78, 5) is 22.0. The maximum absolute atomic E-state index is 12.2. The third-order valence-electron chi connectivity index (χ3n) is 3.14. The van der Waals surface area contributed by atoms with Crippen LogP contribution in [0.4, 0.5) is 0 Å². The number of carbonyl (C=O) groups excluding carboxylic acids is 1. The molecule has 0 radical (unpaired) electrons. The Balaban J connectivity index is 1.64. The summed E-state index contributed by atoms with van der Waals surface area (Å²) in [6.45, 7) is 3.44. The van der Waals surface area contributed by atoms with E-state index < -0.39 is 0 Å². The fraction of sp³-hybridized carbons (Fsp3) is 0.267. The maximum Gasteiger partial charge on any atom is 0.271 e. The average Bonchev–Trinajstić information content (AvgIpc) is 3.25. The molecule has 0 spiro atoms. The van der Waals surface area contributed by atoms with E-state index in [1.165, 1.54) is 11.3 Å². The lowest BCUT2D eigenvalue weighted by molar-refractivity contribution is 0.0945. The minimum Gasteiger partial charge on any atom is -0.343 e. The van der Waals surface area contributed by atoms with Gasteiger partial charge in [-0.1, -0.05) is 13.0 Å². The molecule has 7 heteroatoms. The fourth-order valence-corrected chi connectivity index (χ4v) is 3.71. The molecule has 0 atom stereocenters. The highest BCUT2D eigenvalue weighted by atomic mass is 32.1. The summed E-state index contributed by atoms with van der Waals surface area (Å²) in [7, 11) is 0. The lowest BCUT2D eigenvalue weighted by Crippen LogP contribution is -2.25. The Morgan fingerprint density at radius 1 is 1.41 bits per heavy atom. The first-order chi connectivity index (χ1) is 10.8. The van der Waals surface area contributed by atoms with Crippen molar-refractivity contribution in [1.82, 2.24) is 19.9 Å². The summed E-state index contributed by atoms with van der Waals surface area (Å²) in [5.41, 5.74) is 0.460. The van der Waals surface area contributed by atoms with Crippen LogP contribution in [0.2, 0.25) is 0 Å². The number of hydrogen-bond donors (Lipinski definition) is 1. The Labute approximate surface area is 136 Å². The lowest BCUT2D eigenvalue weighted by atomic mass is 10.4. The van der Waals surface area contributed by atoms with Crippen molar-refractivity contribution >= 4 is 28.6 Å². The van der Waals surface area contributed by atoms with Gasteiger partial charge in [0.25, 0.3) is 5.91 Å². The first-order valence-corrected chi connectivity index (χ1v) is 8.81. The Morgan fingerprint density at radius 2 is 2.32 bits per heavy atom. The molecular weight excluding hydrogens is 316 g/mol. The van der Waals surface area contributed by atoms with Gasteiger partial charge in [-0.15, -0.1) is 22.7 Å². The van der Waals surface area contributed by atoms with Gasteiger partial charge in [0.05, 0.1) is 11.4 Å². The van der Waals surface area contributed by atoms with E-state index in [1.54, 1.807) is 22.9 Å². The molecule has 22 heavy (non-hydrogen) atoms. The molecule has 3 aromatic heterocycles. The molecule has 114 valence electrons. The van der Waals surface area contributed by atoms with Crippen LogP contribution in [0.5, 0.6) is 0 Å². The molecule has 3 heterocycles. The molecule has 0 saturated heterocycles. The van der Waals surface area contributed by atoms with Crippen LogP contribution in [0, 0.1) is 0 Å². The zero-order valence-corrected chi connectivity index (χ0v) is 13.8. The van der Waals surface area contributed by atoms with Gasteiger partial charge in [0.2, 0.25) is 0 Å². The van der Waals surface area contributed by atoms with Crippen LogP contribution >= 0.6 is 22.7 Å². The second-order valence-electron chi connectivity index (χ2n) is 4.73. The van der Waals surface area contributed by atoms with E-state index in [2.05, 4.69) is 26.8 Å². The van der Waals surface area contributed by atoms with Gasteiger partial charge in [-0.05, 0) is 17.9 Å². The van der Waals surface area contributed by atoms with Crippen molar-refractivity contribution < 1.29 is 4.79 Å². The van der Waals surface area contributed by atoms with Crippen molar-refractivity contribution in [3.05, 3.63) is 46.8 Å². The number of nitrogens with zero attached hydrogens (tertiary/aromatic N) is 3. The van der Waals surface area contributed by atoms with Gasteiger partial charge in [-0.25, -0.2) is 9.97 Å². The predicted molar refractivity (Wildman–Crippen MR) is 89.1 cm³/mol. The number of thiazole rings is 1. The van der Waals surface area contributed by atoms with Gasteiger partial charge >= 0.3 is 0 Å². The largest absolute Gasteiger partial charge is 0.343 e. The molecular formula is C15H16N4OS2. The van der Waals surface area contributed by atoms with E-state index in [1.807, 2.05) is 23.7 Å². The Bertz CT molecular complexity index is 745. The molecule has 0 fully saturated rings. The molecule has 0 aliphatic carbocycles. The van der Waals surface area contributed by atoms with Crippen LogP contribution in [0.15, 0.2) is 35.3 Å². The van der Waals surface area contributed by atoms with Crippen LogP contribution in [0.1, 0.15) is 29.7 Å². The van der Waals surface area contributed by atoms with Gasteiger partial charge in [0, 0.05) is 24.3 Å². The predicted octanol–water partition coefficient (Wildman–Crippen LogP) is 3.41. The normalized spacial score (nSPS) is 10.8. The van der Waals surface area contributed by atoms with Crippen LogP contribution in [-0.4, -0.2) is 20.4 Å². The summed E-state index contributed by atoms with van der Waals surface area (Å²) in [5.74, 6) is 0.703. The van der Waals surface area contributed by atoms with E-state index in [0.717, 1.165) is 28.7 Å². The van der Waals surface area contributed by atoms with Gasteiger partial charge in [0.15, 0.2) is 0 Å². The smallest absolute Gasteiger partial charge is 0.271 e. The zero-order chi connectivity index (χ0) is 15.4. The molecule has 0 aromatic carbocycles. The second kappa shape index (κ2) is 6.85. The minimum absolute atomic E-state index is 0.162. The van der Waals surface area contributed by atoms with E-state index in [9.17, 15) is 4.79 Å². The van der Waals surface area contributed by atoms with Crippen molar-refractivity contribution in [2.24, 2.45) is 0 Å². The number of aromatic nitrogens is 3. The third kappa shape index (κ3) is 3.26. The second-order valence-corrected chi connectivity index (χ2v) is 6.54. The molecule has 5 nitrogen and oxygen atoms in total. The Hall–Kier alpha value is -1.99. The van der Waals surface area contributed by atoms with Crippen molar-refractivity contribution in [3.63, 3.8) is 0 Å². The highest BCUT2D eigenvalue weighted by molar-refractivity contribution is 7.20. The number of imidazole rings is 1. The monoisotopic (exact) mass is 332 g/mol. The molecule has 3 rings (SSSR count). The molecule has 1 N–H and O–H groups in total. The first kappa shape index (κ1) is 14.9. The highest BCUT2D eigenvalue weighted by Crippen LogP contribution is 2.27. The van der Waals surface area contributed by atoms with Crippen molar-refractivity contribution in [1.29, 1.82) is 0 Å². The number of rotatable bonds is 6. The van der Waals surface area contributed by atoms with Crippen molar-refractivity contribution in [3.8, 4) is 9.88 Å². The van der Waals surface area contributed by atoms with Crippen molar-refractivity contribution in [2.45, 2.75) is 26.4 Å². The molecule has 0 aliphatic heterocycles. The quantitative estimate of drug-likeness (QED) is 0.752. The summed E-state index contributed by atoms with van der Waals surface area (Å²) in [6, 6.07) is 3.99. The van der Waals surface area contributed by atoms with E-state index in [-0.39, 0.29) is 5.91 Å². The number of amides is 1. The Kier molecular flexibility index (Phi) is 4.65. The standard InChI is InChI=1S/C15H16N4OS2/c1-2-6-19-7-5-16-13(19)9-17-14(20)11-10-22-15(18-11)12-4-3-8-21-12/h3-5,7-8,10H,2,6,9H2,1H3,(H,17,20). The van der Waals surface area contributed by atoms with Crippen LogP contribution in [0.3, 0.4) is 0 Å². The maximum atomic E-state index is 12.2. The minimum atomic E-state index is -0.162. The molecule has 3 aromatic rings. The lowest BCUT2D eigenvalue weighted by Gasteiger charge is -2.06. The molecule has 0 bridgehead atoms. The number of aryl methyl sites for hydroxylation is 1. The molecule has 0 saturated carbocycles. The van der Waals surface area contributed by atoms with E-state index >= 15 is 0 Å². The van der Waals surface area contributed by atoms with E-state index in [0.29, 0.717) is 12.2 Å². The number of nitrogens with one attached hydrogen (secondary N) is 1. The topological polar surface area (TPSA) is 59.8 Å². The Morgan fingerprint density at radius 3 is 3.09 bits per heavy atom. The van der Waals surface area contributed by atoms with Gasteiger partial charge in [-0.3, -0.25) is 4.79 Å². The molecule has 0 unspecified atom stereocenters. The average molecular weight is 332 g/mol. The SMILES string of the molecule is CCCn1ccnc1CNC(=O)c1csc(-c2cccs2)n1. The third-order valence-corrected chi connectivity index (χ3v) is 5.02. The van der Waals surface area contributed by atoms with Crippen LogP contribution < -0.4 is 5.32 Å². The first-order valence-electron chi connectivity index (χ1n) is 7.05. The van der Waals surface area contributed by atoms with Gasteiger partial charge < -0.3 is 9.88 Å².